The number of rotatable bonds is 6. The maximum atomic E-state index is 12.2. The van der Waals surface area contributed by atoms with Crippen LogP contribution in [0.15, 0.2) is 24.3 Å². The monoisotopic (exact) mass is 275 g/mol. The van der Waals surface area contributed by atoms with Crippen LogP contribution in [0.4, 0.5) is 8.78 Å². The second kappa shape index (κ2) is 6.44. The van der Waals surface area contributed by atoms with Crippen molar-refractivity contribution in [2.45, 2.75) is 19.1 Å². The number of aliphatic hydroxyl groups is 2. The molecule has 0 radical (unpaired) electrons. The summed E-state index contributed by atoms with van der Waals surface area (Å²) in [6.07, 6.45) is 0. The third-order valence-corrected chi connectivity index (χ3v) is 2.46. The van der Waals surface area contributed by atoms with Crippen molar-refractivity contribution in [3.8, 4) is 5.75 Å². The van der Waals surface area contributed by atoms with Crippen molar-refractivity contribution >= 4 is 5.91 Å². The first-order valence-electron chi connectivity index (χ1n) is 5.50. The summed E-state index contributed by atoms with van der Waals surface area (Å²) in [5.41, 5.74) is -1.34. The van der Waals surface area contributed by atoms with Gasteiger partial charge in [-0.25, -0.2) is 0 Å². The molecule has 19 heavy (non-hydrogen) atoms. The van der Waals surface area contributed by atoms with Gasteiger partial charge < -0.3 is 20.3 Å². The molecule has 0 aromatic heterocycles. The summed E-state index contributed by atoms with van der Waals surface area (Å²) < 4.78 is 28.6. The van der Waals surface area contributed by atoms with Crippen LogP contribution in [0.3, 0.4) is 0 Å². The summed E-state index contributed by atoms with van der Waals surface area (Å²) in [6.45, 7) is -2.61. The molecule has 5 nitrogen and oxygen atoms in total. The topological polar surface area (TPSA) is 78.8 Å². The zero-order valence-corrected chi connectivity index (χ0v) is 10.3. The number of hydrogen-bond acceptors (Lipinski definition) is 4. The Bertz CT molecular complexity index is 435. The average Bonchev–Trinajstić information content (AvgIpc) is 2.38. The van der Waals surface area contributed by atoms with Crippen LogP contribution in [-0.2, 0) is 0 Å². The Morgan fingerprint density at radius 1 is 1.37 bits per heavy atom. The number of halogens is 2. The minimum Gasteiger partial charge on any atom is -0.434 e. The molecule has 0 heterocycles. The molecule has 1 rings (SSSR count). The number of nitrogens with one attached hydrogen (secondary N) is 1. The summed E-state index contributed by atoms with van der Waals surface area (Å²) in [7, 11) is 0. The second-order valence-electron chi connectivity index (χ2n) is 4.21. The van der Waals surface area contributed by atoms with Crippen LogP contribution in [0.5, 0.6) is 5.75 Å². The highest BCUT2D eigenvalue weighted by Crippen LogP contribution is 2.20. The highest BCUT2D eigenvalue weighted by Gasteiger charge is 2.26. The summed E-state index contributed by atoms with van der Waals surface area (Å²) in [4.78, 5) is 11.9. The number of hydrogen-bond donors (Lipinski definition) is 3. The lowest BCUT2D eigenvalue weighted by Gasteiger charge is -2.26. The van der Waals surface area contributed by atoms with Gasteiger partial charge in [0, 0.05) is 0 Å². The van der Waals surface area contributed by atoms with Crippen molar-refractivity contribution in [3.63, 3.8) is 0 Å². The third kappa shape index (κ3) is 4.15. The van der Waals surface area contributed by atoms with Gasteiger partial charge in [0.15, 0.2) is 0 Å². The number of alkyl halides is 2. The lowest BCUT2D eigenvalue weighted by atomic mass is 10.0. The van der Waals surface area contributed by atoms with E-state index in [1.54, 1.807) is 0 Å². The Morgan fingerprint density at radius 3 is 2.47 bits per heavy atom. The zero-order chi connectivity index (χ0) is 14.5. The van der Waals surface area contributed by atoms with Crippen molar-refractivity contribution in [2.75, 3.05) is 13.2 Å². The fourth-order valence-corrected chi connectivity index (χ4v) is 1.32. The molecule has 0 saturated heterocycles. The van der Waals surface area contributed by atoms with E-state index in [1.807, 2.05) is 0 Å². The lowest BCUT2D eigenvalue weighted by molar-refractivity contribution is -0.0502. The largest absolute Gasteiger partial charge is 0.434 e. The van der Waals surface area contributed by atoms with Gasteiger partial charge in [-0.15, -0.1) is 0 Å². The number of benzene rings is 1. The fraction of sp³-hybridized carbons (Fsp3) is 0.417. The van der Waals surface area contributed by atoms with Gasteiger partial charge in [-0.2, -0.15) is 8.78 Å². The van der Waals surface area contributed by atoms with Crippen molar-refractivity contribution < 1.29 is 28.5 Å². The van der Waals surface area contributed by atoms with E-state index in [-0.39, 0.29) is 11.3 Å². The SMILES string of the molecule is CC(CO)(CO)NC(=O)c1ccccc1OC(F)F. The van der Waals surface area contributed by atoms with Crippen LogP contribution in [-0.4, -0.2) is 41.5 Å². The van der Waals surface area contributed by atoms with Gasteiger partial charge >= 0.3 is 6.61 Å². The van der Waals surface area contributed by atoms with E-state index in [4.69, 9.17) is 10.2 Å². The van der Waals surface area contributed by atoms with Crippen LogP contribution in [0.25, 0.3) is 0 Å². The zero-order valence-electron chi connectivity index (χ0n) is 10.3. The normalized spacial score (nSPS) is 11.5. The van der Waals surface area contributed by atoms with E-state index in [2.05, 4.69) is 10.1 Å². The molecule has 0 bridgehead atoms. The van der Waals surface area contributed by atoms with Gasteiger partial charge in [-0.05, 0) is 19.1 Å². The molecule has 0 fully saturated rings. The van der Waals surface area contributed by atoms with E-state index in [9.17, 15) is 13.6 Å². The van der Waals surface area contributed by atoms with E-state index in [0.29, 0.717) is 0 Å². The van der Waals surface area contributed by atoms with Crippen molar-refractivity contribution in [1.82, 2.24) is 5.32 Å². The highest BCUT2D eigenvalue weighted by molar-refractivity contribution is 5.97. The van der Waals surface area contributed by atoms with E-state index in [1.165, 1.54) is 31.2 Å². The minimum atomic E-state index is -3.05. The van der Waals surface area contributed by atoms with Gasteiger partial charge in [-0.3, -0.25) is 4.79 Å². The van der Waals surface area contributed by atoms with Crippen LogP contribution in [0.1, 0.15) is 17.3 Å². The molecule has 0 spiro atoms. The Kier molecular flexibility index (Phi) is 5.20. The number of carbonyl (C=O) groups is 1. The van der Waals surface area contributed by atoms with Gasteiger partial charge in [0.25, 0.3) is 5.91 Å². The summed E-state index contributed by atoms with van der Waals surface area (Å²) in [6, 6.07) is 5.48. The molecule has 3 N–H and O–H groups in total. The quantitative estimate of drug-likeness (QED) is 0.716. The first-order valence-corrected chi connectivity index (χ1v) is 5.50. The number of aliphatic hydroxyl groups excluding tert-OH is 2. The number of para-hydroxylation sites is 1. The molecule has 1 aromatic carbocycles. The van der Waals surface area contributed by atoms with E-state index < -0.39 is 31.3 Å². The highest BCUT2D eigenvalue weighted by atomic mass is 19.3. The Balaban J connectivity index is 2.93. The van der Waals surface area contributed by atoms with Crippen molar-refractivity contribution in [2.24, 2.45) is 0 Å². The summed E-state index contributed by atoms with van der Waals surface area (Å²) in [5.74, 6) is -0.991. The predicted molar refractivity (Wildman–Crippen MR) is 63.1 cm³/mol. The molecule has 0 unspecified atom stereocenters. The Hall–Kier alpha value is -1.73. The lowest BCUT2D eigenvalue weighted by Crippen LogP contribution is -2.51. The standard InChI is InChI=1S/C12H15F2NO4/c1-12(6-16,7-17)15-10(18)8-4-2-3-5-9(8)19-11(13)14/h2-5,11,16-17H,6-7H2,1H3,(H,15,18). The predicted octanol–water partition coefficient (Wildman–Crippen LogP) is 0.761. The van der Waals surface area contributed by atoms with Gasteiger partial charge in [0.2, 0.25) is 0 Å². The second-order valence-corrected chi connectivity index (χ2v) is 4.21. The number of amides is 1. The van der Waals surface area contributed by atoms with E-state index in [0.717, 1.165) is 0 Å². The molecule has 0 aliphatic rings. The number of carbonyl (C=O) groups excluding carboxylic acids is 1. The summed E-state index contributed by atoms with van der Waals surface area (Å²) >= 11 is 0. The van der Waals surface area contributed by atoms with Gasteiger partial charge in [0.05, 0.1) is 24.3 Å². The van der Waals surface area contributed by atoms with Crippen molar-refractivity contribution in [1.29, 1.82) is 0 Å². The first kappa shape index (κ1) is 15.3. The third-order valence-electron chi connectivity index (χ3n) is 2.46. The molecule has 1 aromatic rings. The average molecular weight is 275 g/mol. The van der Waals surface area contributed by atoms with Crippen LogP contribution < -0.4 is 10.1 Å². The molecule has 0 saturated carbocycles. The maximum absolute atomic E-state index is 12.2. The fourth-order valence-electron chi connectivity index (χ4n) is 1.32. The molecule has 106 valence electrons. The first-order chi connectivity index (χ1) is 8.91. The molecule has 0 atom stereocenters. The Morgan fingerprint density at radius 2 is 1.95 bits per heavy atom. The van der Waals surface area contributed by atoms with Gasteiger partial charge in [-0.1, -0.05) is 12.1 Å². The minimum absolute atomic E-state index is 0.101. The maximum Gasteiger partial charge on any atom is 0.387 e. The van der Waals surface area contributed by atoms with Crippen molar-refractivity contribution in [3.05, 3.63) is 29.8 Å². The number of ether oxygens (including phenoxy) is 1. The summed E-state index contributed by atoms with van der Waals surface area (Å²) in [5, 5.41) is 20.5. The molecular weight excluding hydrogens is 260 g/mol. The van der Waals surface area contributed by atoms with Crippen LogP contribution >= 0.6 is 0 Å². The Labute approximate surface area is 108 Å². The van der Waals surface area contributed by atoms with Gasteiger partial charge in [0.1, 0.15) is 5.75 Å². The smallest absolute Gasteiger partial charge is 0.387 e. The van der Waals surface area contributed by atoms with E-state index >= 15 is 0 Å². The molecule has 0 aliphatic heterocycles. The van der Waals surface area contributed by atoms with Crippen LogP contribution in [0.2, 0.25) is 0 Å². The molecule has 0 aliphatic carbocycles. The molecule has 1 amide bonds. The molecular formula is C12H15F2NO4. The van der Waals surface area contributed by atoms with Crippen LogP contribution in [0, 0.1) is 0 Å². The molecule has 7 heteroatoms.